The molecule has 2 rings (SSSR count). The van der Waals surface area contributed by atoms with Crippen molar-refractivity contribution in [3.63, 3.8) is 0 Å². The van der Waals surface area contributed by atoms with Crippen LogP contribution in [0.25, 0.3) is 0 Å². The van der Waals surface area contributed by atoms with Crippen LogP contribution in [0, 0.1) is 5.92 Å². The van der Waals surface area contributed by atoms with Crippen molar-refractivity contribution in [2.75, 3.05) is 51.8 Å². The van der Waals surface area contributed by atoms with Gasteiger partial charge in [-0.15, -0.1) is 0 Å². The number of nitrogens with zero attached hydrogens (tertiary/aromatic N) is 3. The molecule has 1 fully saturated rings. The van der Waals surface area contributed by atoms with Crippen LogP contribution < -0.4 is 10.2 Å². The van der Waals surface area contributed by atoms with E-state index in [1.54, 1.807) is 7.05 Å². The molecule has 0 bridgehead atoms. The number of hydrogen-bond acceptors (Lipinski definition) is 4. The maximum atomic E-state index is 11.5. The Hall–Kier alpha value is -1.95. The summed E-state index contributed by atoms with van der Waals surface area (Å²) in [6, 6.07) is 7.90. The summed E-state index contributed by atoms with van der Waals surface area (Å²) in [5.74, 6) is 0.377. The van der Waals surface area contributed by atoms with E-state index in [1.165, 1.54) is 7.11 Å². The molecule has 7 heteroatoms. The average molecular weight is 353 g/mol. The molecule has 132 valence electrons. The quantitative estimate of drug-likeness (QED) is 0.509. The average Bonchev–Trinajstić information content (AvgIpc) is 2.62. The predicted molar refractivity (Wildman–Crippen MR) is 97.8 cm³/mol. The lowest BCUT2D eigenvalue weighted by Crippen LogP contribution is -2.53. The molecule has 0 saturated carbocycles. The van der Waals surface area contributed by atoms with Gasteiger partial charge in [0.05, 0.1) is 23.7 Å². The lowest BCUT2D eigenvalue weighted by atomic mass is 10.2. The van der Waals surface area contributed by atoms with Gasteiger partial charge in [0.1, 0.15) is 0 Å². The van der Waals surface area contributed by atoms with E-state index in [0.29, 0.717) is 6.54 Å². The number of anilines is 1. The highest BCUT2D eigenvalue weighted by Crippen LogP contribution is 2.25. The number of nitrogens with one attached hydrogen (secondary N) is 1. The summed E-state index contributed by atoms with van der Waals surface area (Å²) >= 11 is 6.28. The highest BCUT2D eigenvalue weighted by molar-refractivity contribution is 6.33. The van der Waals surface area contributed by atoms with Gasteiger partial charge in [-0.05, 0) is 12.1 Å². The molecule has 6 nitrogen and oxygen atoms in total. The number of guanidine groups is 1. The summed E-state index contributed by atoms with van der Waals surface area (Å²) in [7, 11) is 3.16. The zero-order valence-corrected chi connectivity index (χ0v) is 15.2. The fourth-order valence-electron chi connectivity index (χ4n) is 2.73. The van der Waals surface area contributed by atoms with E-state index in [-0.39, 0.29) is 11.9 Å². The molecule has 1 unspecified atom stereocenters. The van der Waals surface area contributed by atoms with Crippen LogP contribution in [0.5, 0.6) is 0 Å². The molecule has 1 atom stereocenters. The Bertz CT molecular complexity index is 586. The van der Waals surface area contributed by atoms with Crippen molar-refractivity contribution in [1.29, 1.82) is 0 Å². The van der Waals surface area contributed by atoms with E-state index in [1.807, 2.05) is 31.2 Å². The highest BCUT2D eigenvalue weighted by Gasteiger charge is 2.22. The number of para-hydroxylation sites is 1. The Balaban J connectivity index is 1.88. The molecule has 1 saturated heterocycles. The Kier molecular flexibility index (Phi) is 6.73. The van der Waals surface area contributed by atoms with Gasteiger partial charge in [0.15, 0.2) is 5.96 Å². The molecular formula is C17H25ClN4O2. The van der Waals surface area contributed by atoms with Crippen molar-refractivity contribution in [2.45, 2.75) is 6.92 Å². The van der Waals surface area contributed by atoms with Crippen LogP contribution in [0.15, 0.2) is 29.3 Å². The third-order valence-electron chi connectivity index (χ3n) is 4.15. The standard InChI is InChI=1S/C17H25ClN4O2/c1-13(16(23)24-3)12-20-17(19-2)22-10-8-21(9-11-22)15-7-5-4-6-14(15)18/h4-7,13H,8-12H2,1-3H3,(H,19,20). The molecule has 0 aliphatic carbocycles. The van der Waals surface area contributed by atoms with Gasteiger partial charge >= 0.3 is 5.97 Å². The molecule has 0 aromatic heterocycles. The van der Waals surface area contributed by atoms with Gasteiger partial charge in [0.25, 0.3) is 0 Å². The summed E-state index contributed by atoms with van der Waals surface area (Å²) in [5, 5.41) is 4.03. The van der Waals surface area contributed by atoms with Crippen molar-refractivity contribution < 1.29 is 9.53 Å². The first-order valence-corrected chi connectivity index (χ1v) is 8.47. The van der Waals surface area contributed by atoms with Gasteiger partial charge in [-0.1, -0.05) is 30.7 Å². The minimum absolute atomic E-state index is 0.212. The number of halogens is 1. The minimum atomic E-state index is -0.221. The monoisotopic (exact) mass is 352 g/mol. The predicted octanol–water partition coefficient (Wildman–Crippen LogP) is 1.85. The van der Waals surface area contributed by atoms with Crippen molar-refractivity contribution in [2.24, 2.45) is 10.9 Å². The van der Waals surface area contributed by atoms with Crippen molar-refractivity contribution >= 4 is 29.2 Å². The largest absolute Gasteiger partial charge is 0.469 e. The van der Waals surface area contributed by atoms with E-state index in [0.717, 1.165) is 42.8 Å². The summed E-state index contributed by atoms with van der Waals surface area (Å²) in [6.07, 6.45) is 0. The smallest absolute Gasteiger partial charge is 0.310 e. The van der Waals surface area contributed by atoms with Gasteiger partial charge in [-0.2, -0.15) is 0 Å². The van der Waals surface area contributed by atoms with E-state index in [4.69, 9.17) is 16.3 Å². The van der Waals surface area contributed by atoms with Crippen LogP contribution in [0.4, 0.5) is 5.69 Å². The third-order valence-corrected chi connectivity index (χ3v) is 4.47. The number of ether oxygens (including phenoxy) is 1. The fraction of sp³-hybridized carbons (Fsp3) is 0.529. The van der Waals surface area contributed by atoms with Crippen LogP contribution >= 0.6 is 11.6 Å². The van der Waals surface area contributed by atoms with E-state index in [9.17, 15) is 4.79 Å². The van der Waals surface area contributed by atoms with Crippen LogP contribution in [-0.4, -0.2) is 63.7 Å². The highest BCUT2D eigenvalue weighted by atomic mass is 35.5. The maximum Gasteiger partial charge on any atom is 0.310 e. The van der Waals surface area contributed by atoms with Gasteiger partial charge < -0.3 is 19.9 Å². The number of carbonyl (C=O) groups excluding carboxylic acids is 1. The van der Waals surface area contributed by atoms with Crippen LogP contribution in [0.1, 0.15) is 6.92 Å². The van der Waals surface area contributed by atoms with Gasteiger partial charge in [-0.25, -0.2) is 0 Å². The molecule has 1 heterocycles. The number of aliphatic imine (C=N–C) groups is 1. The Morgan fingerprint density at radius 1 is 1.33 bits per heavy atom. The van der Waals surface area contributed by atoms with E-state index in [2.05, 4.69) is 20.1 Å². The second kappa shape index (κ2) is 8.78. The summed E-state index contributed by atoms with van der Waals surface area (Å²) in [5.41, 5.74) is 1.07. The van der Waals surface area contributed by atoms with Crippen LogP contribution in [-0.2, 0) is 9.53 Å². The number of carbonyl (C=O) groups is 1. The molecule has 1 aromatic rings. The fourth-order valence-corrected chi connectivity index (χ4v) is 2.98. The van der Waals surface area contributed by atoms with Crippen molar-refractivity contribution in [1.82, 2.24) is 10.2 Å². The number of benzene rings is 1. The molecule has 0 amide bonds. The maximum absolute atomic E-state index is 11.5. The van der Waals surface area contributed by atoms with Gasteiger partial charge in [0.2, 0.25) is 0 Å². The van der Waals surface area contributed by atoms with Crippen molar-refractivity contribution in [3.05, 3.63) is 29.3 Å². The first-order chi connectivity index (χ1) is 11.6. The van der Waals surface area contributed by atoms with E-state index >= 15 is 0 Å². The van der Waals surface area contributed by atoms with Crippen molar-refractivity contribution in [3.8, 4) is 0 Å². The number of piperazine rings is 1. The molecular weight excluding hydrogens is 328 g/mol. The molecule has 0 spiro atoms. The second-order valence-electron chi connectivity index (χ2n) is 5.78. The van der Waals surface area contributed by atoms with E-state index < -0.39 is 0 Å². The second-order valence-corrected chi connectivity index (χ2v) is 6.19. The zero-order valence-electron chi connectivity index (χ0n) is 14.5. The summed E-state index contributed by atoms with van der Waals surface area (Å²) < 4.78 is 4.75. The third kappa shape index (κ3) is 4.54. The normalized spacial score (nSPS) is 16.8. The lowest BCUT2D eigenvalue weighted by molar-refractivity contribution is -0.144. The Morgan fingerprint density at radius 2 is 2.00 bits per heavy atom. The van der Waals surface area contributed by atoms with Gasteiger partial charge in [-0.3, -0.25) is 9.79 Å². The minimum Gasteiger partial charge on any atom is -0.469 e. The Morgan fingerprint density at radius 3 is 2.58 bits per heavy atom. The molecule has 1 N–H and O–H groups in total. The van der Waals surface area contributed by atoms with Crippen LogP contribution in [0.2, 0.25) is 5.02 Å². The number of hydrogen-bond donors (Lipinski definition) is 1. The number of esters is 1. The first-order valence-electron chi connectivity index (χ1n) is 8.09. The number of rotatable bonds is 4. The topological polar surface area (TPSA) is 57.2 Å². The molecule has 1 aliphatic heterocycles. The van der Waals surface area contributed by atoms with Gasteiger partial charge in [0, 0.05) is 39.8 Å². The SMILES string of the molecule is CN=C(NCC(C)C(=O)OC)N1CCN(c2ccccc2Cl)CC1. The van der Waals surface area contributed by atoms with Crippen LogP contribution in [0.3, 0.4) is 0 Å². The zero-order chi connectivity index (χ0) is 17.5. The molecule has 0 radical (unpaired) electrons. The molecule has 1 aromatic carbocycles. The lowest BCUT2D eigenvalue weighted by Gasteiger charge is -2.38. The molecule has 24 heavy (non-hydrogen) atoms. The summed E-state index contributed by atoms with van der Waals surface area (Å²) in [4.78, 5) is 20.3. The molecule has 1 aliphatic rings. The Labute approximate surface area is 148 Å². The number of methoxy groups -OCH3 is 1. The first kappa shape index (κ1) is 18.4. The summed E-state index contributed by atoms with van der Waals surface area (Å²) in [6.45, 7) is 5.77.